The van der Waals surface area contributed by atoms with E-state index in [1.165, 1.54) is 12.8 Å². The Morgan fingerprint density at radius 2 is 1.83 bits per heavy atom. The normalized spacial score (nSPS) is 24.9. The summed E-state index contributed by atoms with van der Waals surface area (Å²) >= 11 is 0. The zero-order valence-electron chi connectivity index (χ0n) is 16.1. The molecule has 2 aromatic heterocycles. The number of fused-ring (bicyclic) bond motifs is 3. The maximum Gasteiger partial charge on any atom is 0.431 e. The van der Waals surface area contributed by atoms with Gasteiger partial charge in [-0.15, -0.1) is 0 Å². The fourth-order valence-electron chi connectivity index (χ4n) is 4.86. The number of hydrogen-bond donors (Lipinski definition) is 2. The van der Waals surface area contributed by atoms with E-state index in [2.05, 4.69) is 27.2 Å². The molecule has 7 heteroatoms. The van der Waals surface area contributed by atoms with Crippen molar-refractivity contribution in [2.24, 2.45) is 0 Å². The molecular formula is C22H23F3N4. The molecule has 0 amide bonds. The number of benzene rings is 1. The lowest BCUT2D eigenvalue weighted by molar-refractivity contribution is -0.140. The summed E-state index contributed by atoms with van der Waals surface area (Å²) < 4.78 is 38.7. The number of rotatable bonds is 3. The van der Waals surface area contributed by atoms with Gasteiger partial charge in [-0.1, -0.05) is 6.07 Å². The molecule has 2 aliphatic heterocycles. The van der Waals surface area contributed by atoms with E-state index in [0.717, 1.165) is 35.9 Å². The first kappa shape index (κ1) is 18.5. The van der Waals surface area contributed by atoms with E-state index in [9.17, 15) is 13.2 Å². The highest BCUT2D eigenvalue weighted by atomic mass is 19.4. The molecule has 2 bridgehead atoms. The lowest BCUT2D eigenvalue weighted by Gasteiger charge is -2.37. The van der Waals surface area contributed by atoms with Crippen LogP contribution in [0.15, 0.2) is 42.6 Å². The number of piperidine rings is 1. The molecule has 0 saturated carbocycles. The number of halogens is 3. The van der Waals surface area contributed by atoms with Crippen LogP contribution in [0, 0.1) is 0 Å². The van der Waals surface area contributed by atoms with Crippen molar-refractivity contribution in [2.75, 3.05) is 12.4 Å². The maximum atomic E-state index is 12.9. The van der Waals surface area contributed by atoms with Gasteiger partial charge in [0.05, 0.1) is 17.6 Å². The van der Waals surface area contributed by atoms with E-state index in [1.807, 2.05) is 18.3 Å². The summed E-state index contributed by atoms with van der Waals surface area (Å²) in [5.74, 6) is 0. The summed E-state index contributed by atoms with van der Waals surface area (Å²) in [6.07, 6.45) is 2.32. The van der Waals surface area contributed by atoms with Crippen LogP contribution in [-0.4, -0.2) is 40.0 Å². The van der Waals surface area contributed by atoms with Gasteiger partial charge in [0.2, 0.25) is 0 Å². The fraction of sp³-hybridized carbons (Fsp3) is 0.409. The summed E-state index contributed by atoms with van der Waals surface area (Å²) in [7, 11) is 2.23. The van der Waals surface area contributed by atoms with Gasteiger partial charge >= 0.3 is 6.18 Å². The molecule has 1 aromatic carbocycles. The number of aromatic nitrogens is 2. The standard InChI is InChI=1S/C22H23F3N4/c1-29-17-4-5-18(29)11-16(10-17)27-15-3-7-19(26-12-15)13-2-6-20-14(8-13)9-21(28-20)22(23,24)25/h2-3,6-9,12,16-18,27-28H,4-5,10-11H2,1H3/t16-,17+,18-. The quantitative estimate of drug-likeness (QED) is 0.628. The smallest absolute Gasteiger partial charge is 0.381 e. The Morgan fingerprint density at radius 1 is 1.07 bits per heavy atom. The van der Waals surface area contributed by atoms with Gasteiger partial charge in [0.1, 0.15) is 5.69 Å². The molecule has 0 radical (unpaired) electrons. The summed E-state index contributed by atoms with van der Waals surface area (Å²) in [5, 5.41) is 4.14. The number of alkyl halides is 3. The van der Waals surface area contributed by atoms with Crippen LogP contribution in [-0.2, 0) is 6.18 Å². The lowest BCUT2D eigenvalue weighted by Crippen LogP contribution is -2.44. The Morgan fingerprint density at radius 3 is 2.48 bits per heavy atom. The van der Waals surface area contributed by atoms with Crippen LogP contribution < -0.4 is 5.32 Å². The lowest BCUT2D eigenvalue weighted by atomic mass is 9.98. The Labute approximate surface area is 167 Å². The van der Waals surface area contributed by atoms with Crippen LogP contribution in [0.3, 0.4) is 0 Å². The van der Waals surface area contributed by atoms with Crippen LogP contribution >= 0.6 is 0 Å². The first-order valence-electron chi connectivity index (χ1n) is 10.0. The number of aromatic amines is 1. The second-order valence-corrected chi connectivity index (χ2v) is 8.28. The molecule has 5 rings (SSSR count). The van der Waals surface area contributed by atoms with Crippen molar-refractivity contribution in [1.82, 2.24) is 14.9 Å². The molecule has 3 atom stereocenters. The third-order valence-electron chi connectivity index (χ3n) is 6.45. The molecule has 0 unspecified atom stereocenters. The number of pyridine rings is 1. The third kappa shape index (κ3) is 3.48. The minimum absolute atomic E-state index is 0.466. The summed E-state index contributed by atoms with van der Waals surface area (Å²) in [5.41, 5.74) is 2.27. The summed E-state index contributed by atoms with van der Waals surface area (Å²) in [6.45, 7) is 0. The van der Waals surface area contributed by atoms with E-state index < -0.39 is 11.9 Å². The molecular weight excluding hydrogens is 377 g/mol. The highest BCUT2D eigenvalue weighted by Crippen LogP contribution is 2.36. The van der Waals surface area contributed by atoms with Gasteiger partial charge in [0, 0.05) is 34.6 Å². The summed E-state index contributed by atoms with van der Waals surface area (Å²) in [4.78, 5) is 9.48. The van der Waals surface area contributed by atoms with Gasteiger partial charge in [-0.3, -0.25) is 4.98 Å². The van der Waals surface area contributed by atoms with Gasteiger partial charge < -0.3 is 15.2 Å². The Bertz CT molecular complexity index is 1010. The Kier molecular flexibility index (Phi) is 4.31. The first-order valence-corrected chi connectivity index (χ1v) is 10.0. The molecule has 0 spiro atoms. The first-order chi connectivity index (χ1) is 13.9. The molecule has 2 N–H and O–H groups in total. The average molecular weight is 400 g/mol. The Balaban J connectivity index is 1.32. The molecule has 29 heavy (non-hydrogen) atoms. The van der Waals surface area contributed by atoms with Crippen LogP contribution in [0.25, 0.3) is 22.2 Å². The van der Waals surface area contributed by atoms with Gasteiger partial charge in [-0.2, -0.15) is 13.2 Å². The number of H-pyrrole nitrogens is 1. The second kappa shape index (κ2) is 6.76. The SMILES string of the molecule is CN1[C@@H]2CC[C@H]1C[C@@H](Nc1ccc(-c3ccc4[nH]c(C(F)(F)F)cc4c3)nc1)C2. The van der Waals surface area contributed by atoms with Crippen LogP contribution in [0.1, 0.15) is 31.4 Å². The number of anilines is 1. The molecule has 0 aliphatic carbocycles. The predicted octanol–water partition coefficient (Wildman–Crippen LogP) is 5.29. The molecule has 4 heterocycles. The second-order valence-electron chi connectivity index (χ2n) is 8.28. The number of nitrogens with one attached hydrogen (secondary N) is 2. The highest BCUT2D eigenvalue weighted by molar-refractivity contribution is 5.85. The van der Waals surface area contributed by atoms with Gasteiger partial charge in [-0.25, -0.2) is 0 Å². The fourth-order valence-corrected chi connectivity index (χ4v) is 4.86. The third-order valence-corrected chi connectivity index (χ3v) is 6.45. The van der Waals surface area contributed by atoms with Crippen LogP contribution in [0.4, 0.5) is 18.9 Å². The molecule has 2 saturated heterocycles. The minimum atomic E-state index is -4.38. The monoisotopic (exact) mass is 400 g/mol. The maximum absolute atomic E-state index is 12.9. The van der Waals surface area contributed by atoms with Crippen molar-refractivity contribution < 1.29 is 13.2 Å². The van der Waals surface area contributed by atoms with E-state index in [-0.39, 0.29) is 0 Å². The molecule has 2 fully saturated rings. The van der Waals surface area contributed by atoms with E-state index in [0.29, 0.717) is 29.0 Å². The minimum Gasteiger partial charge on any atom is -0.381 e. The topological polar surface area (TPSA) is 44.0 Å². The highest BCUT2D eigenvalue weighted by Gasteiger charge is 2.38. The predicted molar refractivity (Wildman–Crippen MR) is 108 cm³/mol. The van der Waals surface area contributed by atoms with Gasteiger partial charge in [0.25, 0.3) is 0 Å². The van der Waals surface area contributed by atoms with Crippen molar-refractivity contribution >= 4 is 16.6 Å². The van der Waals surface area contributed by atoms with E-state index in [4.69, 9.17) is 0 Å². The Hall–Kier alpha value is -2.54. The van der Waals surface area contributed by atoms with Gasteiger partial charge in [-0.05, 0) is 63.1 Å². The number of nitrogens with zero attached hydrogens (tertiary/aromatic N) is 2. The summed E-state index contributed by atoms with van der Waals surface area (Å²) in [6, 6.07) is 12.1. The van der Waals surface area contributed by atoms with Crippen LogP contribution in [0.5, 0.6) is 0 Å². The van der Waals surface area contributed by atoms with Crippen molar-refractivity contribution in [1.29, 1.82) is 0 Å². The molecule has 4 nitrogen and oxygen atoms in total. The van der Waals surface area contributed by atoms with E-state index >= 15 is 0 Å². The average Bonchev–Trinajstić information content (AvgIpc) is 3.19. The molecule has 152 valence electrons. The van der Waals surface area contributed by atoms with Crippen LogP contribution in [0.2, 0.25) is 0 Å². The number of hydrogen-bond acceptors (Lipinski definition) is 3. The molecule has 2 aliphatic rings. The van der Waals surface area contributed by atoms with Crippen molar-refractivity contribution in [3.8, 4) is 11.3 Å². The van der Waals surface area contributed by atoms with Crippen molar-refractivity contribution in [3.63, 3.8) is 0 Å². The van der Waals surface area contributed by atoms with E-state index in [1.54, 1.807) is 18.2 Å². The zero-order valence-corrected chi connectivity index (χ0v) is 16.1. The zero-order chi connectivity index (χ0) is 20.2. The molecule has 3 aromatic rings. The van der Waals surface area contributed by atoms with Crippen molar-refractivity contribution in [2.45, 2.75) is 50.0 Å². The largest absolute Gasteiger partial charge is 0.431 e. The van der Waals surface area contributed by atoms with Crippen molar-refractivity contribution in [3.05, 3.63) is 48.3 Å². The van der Waals surface area contributed by atoms with Gasteiger partial charge in [0.15, 0.2) is 0 Å².